The number of rotatable bonds is 13. The van der Waals surface area contributed by atoms with E-state index >= 15 is 0 Å². The lowest BCUT2D eigenvalue weighted by Gasteiger charge is -2.24. The third-order valence-corrected chi connectivity index (χ3v) is 4.30. The second-order valence-electron chi connectivity index (χ2n) is 9.81. The van der Waals surface area contributed by atoms with Gasteiger partial charge >= 0.3 is 6.18 Å². The molecule has 6 N–H and O–H groups in total. The summed E-state index contributed by atoms with van der Waals surface area (Å²) in [5.74, 6) is -4.10. The summed E-state index contributed by atoms with van der Waals surface area (Å²) in [5.41, 5.74) is 7.80. The van der Waals surface area contributed by atoms with Gasteiger partial charge in [-0.1, -0.05) is 48.5 Å². The monoisotopic (exact) mass is 530 g/mol. The van der Waals surface area contributed by atoms with Gasteiger partial charge in [0.2, 0.25) is 5.91 Å². The van der Waals surface area contributed by atoms with E-state index in [0.29, 0.717) is 18.9 Å². The third-order valence-electron chi connectivity index (χ3n) is 4.30. The Kier molecular flexibility index (Phi) is 16.9. The van der Waals surface area contributed by atoms with E-state index in [2.05, 4.69) is 22.0 Å². The number of halogens is 3. The number of quaternary nitrogens is 1. The predicted octanol–water partition coefficient (Wildman–Crippen LogP) is 0.00430. The number of hydrogen-bond acceptors (Lipinski definition) is 7. The van der Waals surface area contributed by atoms with Gasteiger partial charge in [0.1, 0.15) is 5.97 Å². The fourth-order valence-electron chi connectivity index (χ4n) is 2.12. The lowest BCUT2D eigenvalue weighted by atomic mass is 9.96. The fourth-order valence-corrected chi connectivity index (χ4v) is 2.12. The number of amides is 3. The van der Waals surface area contributed by atoms with Crippen LogP contribution in [0, 0.1) is 17.3 Å². The van der Waals surface area contributed by atoms with Crippen LogP contribution < -0.4 is 27.1 Å². The van der Waals surface area contributed by atoms with Crippen LogP contribution in [0.15, 0.2) is 0 Å². The summed E-state index contributed by atoms with van der Waals surface area (Å²) in [6.07, 6.45) is -4.87. The van der Waals surface area contributed by atoms with Crippen LogP contribution >= 0.6 is 0 Å². The first-order valence-electron chi connectivity index (χ1n) is 11.6. The van der Waals surface area contributed by atoms with Crippen molar-refractivity contribution in [2.24, 2.45) is 17.3 Å². The highest BCUT2D eigenvalue weighted by molar-refractivity contribution is 5.83. The van der Waals surface area contributed by atoms with Crippen molar-refractivity contribution >= 4 is 23.7 Å². The summed E-state index contributed by atoms with van der Waals surface area (Å²) in [4.78, 5) is 56.4. The molecular formula is C22H41F3N4O7. The minimum atomic E-state index is -5.19. The maximum Gasteiger partial charge on any atom is 0.430 e. The molecule has 11 nitrogen and oxygen atoms in total. The molecule has 0 rings (SSSR count). The highest BCUT2D eigenvalue weighted by Gasteiger charge is 2.30. The zero-order valence-electron chi connectivity index (χ0n) is 22.0. The Balaban J connectivity index is 0. The maximum absolute atomic E-state index is 12.5. The molecular weight excluding hydrogens is 489 g/mol. The highest BCUT2D eigenvalue weighted by Crippen LogP contribution is 2.14. The summed E-state index contributed by atoms with van der Waals surface area (Å²) < 4.78 is 31.5. The molecule has 0 aromatic rings. The molecule has 0 aliphatic carbocycles. The Labute approximate surface area is 209 Å². The van der Waals surface area contributed by atoms with Gasteiger partial charge < -0.3 is 21.0 Å². The Morgan fingerprint density at radius 3 is 1.83 bits per heavy atom. The van der Waals surface area contributed by atoms with E-state index in [-0.39, 0.29) is 17.7 Å². The summed E-state index contributed by atoms with van der Waals surface area (Å²) >= 11 is 0. The van der Waals surface area contributed by atoms with Gasteiger partial charge in [0.25, 0.3) is 11.8 Å². The number of nitrogens with one attached hydrogen (secondary N) is 3. The van der Waals surface area contributed by atoms with Crippen molar-refractivity contribution in [1.82, 2.24) is 16.3 Å². The largest absolute Gasteiger partial charge is 0.542 e. The zero-order valence-corrected chi connectivity index (χ0v) is 22.0. The molecule has 0 unspecified atom stereocenters. The predicted molar refractivity (Wildman–Crippen MR) is 121 cm³/mol. The topological polar surface area (TPSA) is 174 Å². The van der Waals surface area contributed by atoms with Crippen molar-refractivity contribution in [3.05, 3.63) is 0 Å². The van der Waals surface area contributed by atoms with Crippen LogP contribution in [0.5, 0.6) is 0 Å². The number of carbonyl (C=O) groups is 4. The van der Waals surface area contributed by atoms with Crippen LogP contribution in [0.1, 0.15) is 67.7 Å². The van der Waals surface area contributed by atoms with Gasteiger partial charge in [0, 0.05) is 12.0 Å². The fraction of sp³-hybridized carbons (Fsp3) is 0.818. The molecule has 0 bridgehead atoms. The number of alkyl halides is 3. The minimum Gasteiger partial charge on any atom is -0.542 e. The number of carboxylic acids is 1. The Bertz CT molecular complexity index is 696. The van der Waals surface area contributed by atoms with Crippen molar-refractivity contribution in [2.75, 3.05) is 13.1 Å². The molecule has 0 radical (unpaired) electrons. The first-order valence-corrected chi connectivity index (χ1v) is 11.6. The van der Waals surface area contributed by atoms with Crippen molar-refractivity contribution < 1.29 is 52.9 Å². The van der Waals surface area contributed by atoms with Gasteiger partial charge in [-0.15, -0.1) is 0 Å². The second kappa shape index (κ2) is 17.1. The van der Waals surface area contributed by atoms with Crippen molar-refractivity contribution in [1.29, 1.82) is 0 Å². The van der Waals surface area contributed by atoms with Gasteiger partial charge in [0.05, 0.1) is 6.54 Å². The summed E-state index contributed by atoms with van der Waals surface area (Å²) in [6.45, 7) is 14.1. The van der Waals surface area contributed by atoms with E-state index in [1.165, 1.54) is 0 Å². The number of carbonyl (C=O) groups excluding carboxylic acids is 4. The molecule has 0 aliphatic heterocycles. The van der Waals surface area contributed by atoms with Gasteiger partial charge in [-0.25, -0.2) is 11.0 Å². The van der Waals surface area contributed by atoms with Crippen LogP contribution in [0.25, 0.3) is 0 Å². The standard InChI is InChI=1S/C20H40N4O5.C2HF3O2/c1-13(2)12-22-17(25)15(10-8-9-11-21)28-23-18(26)16(14(3)4)29-24-19(27)20(5,6)7;3-2(4,5)1(6)7/h13-16H,8-12,21H2,1-7H3,(H,22,25)(H,23,26)(H,24,27);(H,6,7)/t15-,16-;/m1./s1. The van der Waals surface area contributed by atoms with Crippen LogP contribution in [-0.4, -0.2) is 55.2 Å². The second-order valence-corrected chi connectivity index (χ2v) is 9.81. The molecule has 0 fully saturated rings. The molecule has 36 heavy (non-hydrogen) atoms. The lowest BCUT2D eigenvalue weighted by Crippen LogP contribution is -2.50. The van der Waals surface area contributed by atoms with Gasteiger partial charge in [-0.2, -0.15) is 13.2 Å². The third kappa shape index (κ3) is 17.1. The van der Waals surface area contributed by atoms with Crippen LogP contribution in [0.4, 0.5) is 13.2 Å². The summed E-state index contributed by atoms with van der Waals surface area (Å²) in [6, 6.07) is 0. The quantitative estimate of drug-likeness (QED) is 0.192. The first-order chi connectivity index (χ1) is 16.3. The molecule has 0 saturated carbocycles. The molecule has 0 aromatic carbocycles. The Morgan fingerprint density at radius 1 is 0.917 bits per heavy atom. The summed E-state index contributed by atoms with van der Waals surface area (Å²) in [5, 5.41) is 11.6. The Morgan fingerprint density at radius 2 is 1.44 bits per heavy atom. The van der Waals surface area contributed by atoms with Crippen LogP contribution in [0.3, 0.4) is 0 Å². The van der Waals surface area contributed by atoms with Gasteiger partial charge in [-0.3, -0.25) is 24.1 Å². The molecule has 212 valence electrons. The minimum absolute atomic E-state index is 0.224. The lowest BCUT2D eigenvalue weighted by molar-refractivity contribution is -0.368. The van der Waals surface area contributed by atoms with E-state index in [9.17, 15) is 27.6 Å². The van der Waals surface area contributed by atoms with Gasteiger partial charge in [0.15, 0.2) is 12.2 Å². The molecule has 0 spiro atoms. The molecule has 14 heteroatoms. The first kappa shape index (κ1) is 35.7. The van der Waals surface area contributed by atoms with Crippen LogP contribution in [0.2, 0.25) is 0 Å². The van der Waals surface area contributed by atoms with Crippen molar-refractivity contribution in [2.45, 2.75) is 86.1 Å². The summed E-state index contributed by atoms with van der Waals surface area (Å²) in [7, 11) is 0. The molecule has 2 atom stereocenters. The SMILES string of the molecule is CC(C)CNC(=O)[C@@H](CCCC[NH3+])ONC(=O)[C@H](ONC(=O)C(C)(C)C)C(C)C.O=C([O-])C(F)(F)F. The normalized spacial score (nSPS) is 13.4. The van der Waals surface area contributed by atoms with Crippen LogP contribution in [-0.2, 0) is 28.9 Å². The maximum atomic E-state index is 12.5. The highest BCUT2D eigenvalue weighted by atomic mass is 19.4. The van der Waals surface area contributed by atoms with E-state index in [0.717, 1.165) is 19.4 Å². The number of aliphatic carboxylic acids is 1. The van der Waals surface area contributed by atoms with Crippen molar-refractivity contribution in [3.63, 3.8) is 0 Å². The van der Waals surface area contributed by atoms with Gasteiger partial charge in [-0.05, 0) is 31.1 Å². The molecule has 0 aliphatic rings. The molecule has 0 heterocycles. The number of carboxylic acid groups (broad SMARTS) is 1. The molecule has 0 saturated heterocycles. The average molecular weight is 531 g/mol. The molecule has 3 amide bonds. The molecule has 0 aromatic heterocycles. The number of hydrogen-bond donors (Lipinski definition) is 4. The van der Waals surface area contributed by atoms with E-state index in [4.69, 9.17) is 19.6 Å². The van der Waals surface area contributed by atoms with E-state index < -0.39 is 35.7 Å². The van der Waals surface area contributed by atoms with E-state index in [1.807, 2.05) is 13.8 Å². The Hall–Kier alpha value is -2.45. The zero-order chi connectivity index (χ0) is 28.7. The van der Waals surface area contributed by atoms with Crippen molar-refractivity contribution in [3.8, 4) is 0 Å². The smallest absolute Gasteiger partial charge is 0.430 e. The number of unbranched alkanes of at least 4 members (excludes halogenated alkanes) is 1. The average Bonchev–Trinajstić information content (AvgIpc) is 2.73. The van der Waals surface area contributed by atoms with E-state index in [1.54, 1.807) is 34.6 Å². The number of hydroxylamine groups is 2.